The predicted octanol–water partition coefficient (Wildman–Crippen LogP) is 3.75. The van der Waals surface area contributed by atoms with Crippen molar-refractivity contribution in [1.29, 1.82) is 0 Å². The Hall–Kier alpha value is -1.53. The van der Waals surface area contributed by atoms with E-state index in [1.807, 2.05) is 20.8 Å². The Morgan fingerprint density at radius 1 is 1.30 bits per heavy atom. The van der Waals surface area contributed by atoms with Crippen LogP contribution < -0.4 is 10.1 Å². The van der Waals surface area contributed by atoms with Crippen LogP contribution in [0.15, 0.2) is 6.33 Å². The maximum absolute atomic E-state index is 12.1. The molecule has 1 rings (SSSR count). The summed E-state index contributed by atoms with van der Waals surface area (Å²) in [5, 5.41) is 3.14. The molecule has 0 aliphatic carbocycles. The van der Waals surface area contributed by atoms with Gasteiger partial charge in [0.2, 0.25) is 5.88 Å². The number of anilines is 1. The van der Waals surface area contributed by atoms with Crippen LogP contribution in [0.5, 0.6) is 5.88 Å². The van der Waals surface area contributed by atoms with Crippen LogP contribution in [0.25, 0.3) is 0 Å². The Balaban J connectivity index is 2.83. The molecule has 0 aliphatic rings. The standard InChI is InChI=1S/C13H20F3N3O/c1-4-6-17-11-10(9(2)3)12(19-8-18-11)20-7-5-13(14,15)16/h8-9H,4-7H2,1-3H3,(H,17,18,19). The molecule has 1 N–H and O–H groups in total. The second kappa shape index (κ2) is 7.31. The van der Waals surface area contributed by atoms with Gasteiger partial charge in [0.05, 0.1) is 18.6 Å². The highest BCUT2D eigenvalue weighted by Gasteiger charge is 2.27. The number of nitrogens with zero attached hydrogens (tertiary/aromatic N) is 2. The van der Waals surface area contributed by atoms with Gasteiger partial charge < -0.3 is 10.1 Å². The normalized spacial score (nSPS) is 11.8. The van der Waals surface area contributed by atoms with Gasteiger partial charge in [-0.1, -0.05) is 20.8 Å². The van der Waals surface area contributed by atoms with E-state index in [-0.39, 0.29) is 11.8 Å². The third-order valence-electron chi connectivity index (χ3n) is 2.59. The van der Waals surface area contributed by atoms with Gasteiger partial charge in [-0.3, -0.25) is 0 Å². The van der Waals surface area contributed by atoms with Crippen molar-refractivity contribution in [3.8, 4) is 5.88 Å². The largest absolute Gasteiger partial charge is 0.477 e. The average molecular weight is 291 g/mol. The molecule has 1 heterocycles. The molecular formula is C13H20F3N3O. The van der Waals surface area contributed by atoms with E-state index in [4.69, 9.17) is 4.74 Å². The summed E-state index contributed by atoms with van der Waals surface area (Å²) in [4.78, 5) is 8.08. The molecule has 0 aliphatic heterocycles. The zero-order valence-corrected chi connectivity index (χ0v) is 11.9. The minimum atomic E-state index is -4.23. The first kappa shape index (κ1) is 16.5. The quantitative estimate of drug-likeness (QED) is 0.831. The Bertz CT molecular complexity index is 422. The Morgan fingerprint density at radius 3 is 2.55 bits per heavy atom. The number of ether oxygens (including phenoxy) is 1. The van der Waals surface area contributed by atoms with Gasteiger partial charge in [-0.25, -0.2) is 9.97 Å². The molecule has 0 spiro atoms. The van der Waals surface area contributed by atoms with E-state index in [1.54, 1.807) is 0 Å². The highest BCUT2D eigenvalue weighted by Crippen LogP contribution is 2.30. The first-order chi connectivity index (χ1) is 9.35. The molecule has 0 radical (unpaired) electrons. The highest BCUT2D eigenvalue weighted by atomic mass is 19.4. The zero-order valence-electron chi connectivity index (χ0n) is 11.9. The van der Waals surface area contributed by atoms with Crippen LogP contribution >= 0.6 is 0 Å². The first-order valence-electron chi connectivity index (χ1n) is 6.63. The molecule has 0 saturated heterocycles. The van der Waals surface area contributed by atoms with Gasteiger partial charge in [0.15, 0.2) is 0 Å². The lowest BCUT2D eigenvalue weighted by Gasteiger charge is -2.17. The molecule has 0 unspecified atom stereocenters. The van der Waals surface area contributed by atoms with E-state index in [1.165, 1.54) is 6.33 Å². The summed E-state index contributed by atoms with van der Waals surface area (Å²) in [6.07, 6.45) is -3.00. The van der Waals surface area contributed by atoms with Gasteiger partial charge in [-0.2, -0.15) is 13.2 Å². The van der Waals surface area contributed by atoms with Crippen LogP contribution in [0.4, 0.5) is 19.0 Å². The number of rotatable bonds is 7. The maximum Gasteiger partial charge on any atom is 0.392 e. The molecule has 0 bridgehead atoms. The van der Waals surface area contributed by atoms with Crippen molar-refractivity contribution >= 4 is 5.82 Å². The highest BCUT2D eigenvalue weighted by molar-refractivity contribution is 5.50. The average Bonchev–Trinajstić information content (AvgIpc) is 2.34. The molecule has 0 atom stereocenters. The fourth-order valence-electron chi connectivity index (χ4n) is 1.66. The van der Waals surface area contributed by atoms with Crippen molar-refractivity contribution in [3.05, 3.63) is 11.9 Å². The molecular weight excluding hydrogens is 271 g/mol. The van der Waals surface area contributed by atoms with E-state index in [0.29, 0.717) is 11.4 Å². The van der Waals surface area contributed by atoms with Crippen LogP contribution in [-0.2, 0) is 0 Å². The molecule has 1 aromatic rings. The van der Waals surface area contributed by atoms with Crippen LogP contribution in [0.2, 0.25) is 0 Å². The Labute approximate surface area is 116 Å². The molecule has 1 aromatic heterocycles. The van der Waals surface area contributed by atoms with Crippen molar-refractivity contribution in [1.82, 2.24) is 9.97 Å². The van der Waals surface area contributed by atoms with Crippen molar-refractivity contribution in [3.63, 3.8) is 0 Å². The molecule has 4 nitrogen and oxygen atoms in total. The number of nitrogens with one attached hydrogen (secondary N) is 1. The second-order valence-corrected chi connectivity index (χ2v) is 4.74. The Kier molecular flexibility index (Phi) is 6.04. The number of aromatic nitrogens is 2. The predicted molar refractivity (Wildman–Crippen MR) is 71.1 cm³/mol. The molecule has 0 aromatic carbocycles. The molecule has 20 heavy (non-hydrogen) atoms. The number of hydrogen-bond donors (Lipinski definition) is 1. The smallest absolute Gasteiger partial charge is 0.392 e. The molecule has 0 amide bonds. The third-order valence-corrected chi connectivity index (χ3v) is 2.59. The van der Waals surface area contributed by atoms with Crippen LogP contribution in [0.1, 0.15) is 45.1 Å². The molecule has 114 valence electrons. The number of hydrogen-bond acceptors (Lipinski definition) is 4. The first-order valence-corrected chi connectivity index (χ1v) is 6.63. The van der Waals surface area contributed by atoms with E-state index in [0.717, 1.165) is 13.0 Å². The minimum Gasteiger partial charge on any atom is -0.477 e. The molecule has 0 saturated carbocycles. The lowest BCUT2D eigenvalue weighted by Crippen LogP contribution is -2.15. The van der Waals surface area contributed by atoms with Crippen LogP contribution in [-0.4, -0.2) is 29.3 Å². The van der Waals surface area contributed by atoms with Crippen molar-refractivity contribution in [2.75, 3.05) is 18.5 Å². The van der Waals surface area contributed by atoms with E-state index >= 15 is 0 Å². The third kappa shape index (κ3) is 5.22. The number of halogens is 3. The van der Waals surface area contributed by atoms with Crippen LogP contribution in [0, 0.1) is 0 Å². The summed E-state index contributed by atoms with van der Waals surface area (Å²) in [5.41, 5.74) is 0.711. The van der Waals surface area contributed by atoms with Gasteiger partial charge in [0.25, 0.3) is 0 Å². The Morgan fingerprint density at radius 2 is 2.00 bits per heavy atom. The number of alkyl halides is 3. The van der Waals surface area contributed by atoms with Gasteiger partial charge in [0.1, 0.15) is 12.1 Å². The maximum atomic E-state index is 12.1. The van der Waals surface area contributed by atoms with E-state index in [9.17, 15) is 13.2 Å². The SMILES string of the molecule is CCCNc1ncnc(OCCC(F)(F)F)c1C(C)C. The molecule has 7 heteroatoms. The fraction of sp³-hybridized carbons (Fsp3) is 0.692. The summed E-state index contributed by atoms with van der Waals surface area (Å²) >= 11 is 0. The second-order valence-electron chi connectivity index (χ2n) is 4.74. The topological polar surface area (TPSA) is 47.0 Å². The summed E-state index contributed by atoms with van der Waals surface area (Å²) in [5.74, 6) is 0.896. The van der Waals surface area contributed by atoms with Crippen molar-refractivity contribution in [2.24, 2.45) is 0 Å². The lowest BCUT2D eigenvalue weighted by atomic mass is 10.1. The van der Waals surface area contributed by atoms with Gasteiger partial charge in [-0.05, 0) is 12.3 Å². The van der Waals surface area contributed by atoms with E-state index < -0.39 is 19.2 Å². The summed E-state index contributed by atoms with van der Waals surface area (Å²) < 4.78 is 41.6. The van der Waals surface area contributed by atoms with E-state index in [2.05, 4.69) is 15.3 Å². The van der Waals surface area contributed by atoms with Crippen molar-refractivity contribution < 1.29 is 17.9 Å². The zero-order chi connectivity index (χ0) is 15.2. The summed E-state index contributed by atoms with van der Waals surface area (Å²) in [7, 11) is 0. The van der Waals surface area contributed by atoms with Crippen molar-refractivity contribution in [2.45, 2.75) is 45.7 Å². The van der Waals surface area contributed by atoms with Crippen LogP contribution in [0.3, 0.4) is 0 Å². The fourth-order valence-corrected chi connectivity index (χ4v) is 1.66. The summed E-state index contributed by atoms with van der Waals surface area (Å²) in [6, 6.07) is 0. The van der Waals surface area contributed by atoms with Gasteiger partial charge >= 0.3 is 6.18 Å². The molecule has 0 fully saturated rings. The van der Waals surface area contributed by atoms with Gasteiger partial charge in [0, 0.05) is 6.54 Å². The summed E-state index contributed by atoms with van der Waals surface area (Å²) in [6.45, 7) is 6.16. The van der Waals surface area contributed by atoms with Gasteiger partial charge in [-0.15, -0.1) is 0 Å². The lowest BCUT2D eigenvalue weighted by molar-refractivity contribution is -0.139. The minimum absolute atomic E-state index is 0.0523. The monoisotopic (exact) mass is 291 g/mol.